The Morgan fingerprint density at radius 1 is 0.613 bits per heavy atom. The van der Waals surface area contributed by atoms with Crippen molar-refractivity contribution < 1.29 is 4.57 Å². The molecule has 0 unspecified atom stereocenters. The average Bonchev–Trinajstić information content (AvgIpc) is 3.17. The predicted molar refractivity (Wildman–Crippen MR) is 138 cm³/mol. The molecule has 0 saturated carbocycles. The molecule has 0 aromatic carbocycles. The number of unbranched alkanes of at least 4 members (excludes halogenated alkanes) is 17. The third-order valence-electron chi connectivity index (χ3n) is 6.85. The van der Waals surface area contributed by atoms with Crippen LogP contribution in [0, 0.1) is 0 Å². The average molecular weight is 434 g/mol. The van der Waals surface area contributed by atoms with E-state index in [1.807, 2.05) is 0 Å². The van der Waals surface area contributed by atoms with Gasteiger partial charge in [0.1, 0.15) is 12.4 Å². The second-order valence-corrected chi connectivity index (χ2v) is 10.2. The van der Waals surface area contributed by atoms with Gasteiger partial charge in [0, 0.05) is 6.42 Å². The summed E-state index contributed by atoms with van der Waals surface area (Å²) in [6.07, 6.45) is 32.9. The van der Waals surface area contributed by atoms with Gasteiger partial charge in [-0.1, -0.05) is 117 Å². The lowest BCUT2D eigenvalue weighted by Crippen LogP contribution is -2.37. The van der Waals surface area contributed by atoms with E-state index in [1.54, 1.807) is 5.82 Å². The third kappa shape index (κ3) is 14.1. The summed E-state index contributed by atoms with van der Waals surface area (Å²) in [6, 6.07) is 0.572. The second-order valence-electron chi connectivity index (χ2n) is 10.2. The van der Waals surface area contributed by atoms with Crippen LogP contribution in [0.1, 0.15) is 162 Å². The molecule has 1 heterocycles. The van der Waals surface area contributed by atoms with Crippen LogP contribution in [-0.2, 0) is 13.0 Å². The van der Waals surface area contributed by atoms with Crippen molar-refractivity contribution in [3.05, 3.63) is 18.2 Å². The van der Waals surface area contributed by atoms with Gasteiger partial charge in [-0.25, -0.2) is 9.13 Å². The van der Waals surface area contributed by atoms with Crippen molar-refractivity contribution >= 4 is 0 Å². The van der Waals surface area contributed by atoms with Gasteiger partial charge in [-0.05, 0) is 33.1 Å². The van der Waals surface area contributed by atoms with E-state index in [0.29, 0.717) is 6.04 Å². The number of aromatic nitrogens is 2. The number of rotatable bonds is 22. The van der Waals surface area contributed by atoms with Crippen molar-refractivity contribution in [3.8, 4) is 0 Å². The molecule has 0 bridgehead atoms. The van der Waals surface area contributed by atoms with Gasteiger partial charge >= 0.3 is 0 Å². The zero-order valence-corrected chi connectivity index (χ0v) is 22.0. The smallest absolute Gasteiger partial charge is 0.234 e. The fraction of sp³-hybridized carbons (Fsp3) is 0.897. The van der Waals surface area contributed by atoms with Crippen molar-refractivity contribution in [2.45, 2.75) is 169 Å². The van der Waals surface area contributed by atoms with Crippen LogP contribution in [0.25, 0.3) is 0 Å². The molecule has 0 saturated heterocycles. The van der Waals surface area contributed by atoms with Crippen LogP contribution in [0.3, 0.4) is 0 Å². The molecule has 0 aliphatic rings. The summed E-state index contributed by atoms with van der Waals surface area (Å²) in [5.41, 5.74) is 0. The molecular formula is C29H57N2+. The van der Waals surface area contributed by atoms with Crippen molar-refractivity contribution in [1.29, 1.82) is 0 Å². The first-order chi connectivity index (χ1) is 15.2. The highest BCUT2D eigenvalue weighted by molar-refractivity contribution is 4.86. The molecule has 2 nitrogen and oxygen atoms in total. The maximum atomic E-state index is 2.56. The van der Waals surface area contributed by atoms with Crippen molar-refractivity contribution in [2.75, 3.05) is 0 Å². The van der Waals surface area contributed by atoms with E-state index in [0.717, 1.165) is 0 Å². The minimum Gasteiger partial charge on any atom is -0.234 e. The summed E-state index contributed by atoms with van der Waals surface area (Å²) < 4.78 is 5.06. The summed E-state index contributed by atoms with van der Waals surface area (Å²) in [5.74, 6) is 1.56. The molecule has 1 aromatic heterocycles. The fourth-order valence-corrected chi connectivity index (χ4v) is 4.78. The molecule has 182 valence electrons. The highest BCUT2D eigenvalue weighted by atomic mass is 15.2. The Morgan fingerprint density at radius 3 is 1.48 bits per heavy atom. The van der Waals surface area contributed by atoms with Gasteiger partial charge in [-0.3, -0.25) is 0 Å². The normalized spacial score (nSPS) is 11.6. The molecule has 0 radical (unpaired) electrons. The minimum absolute atomic E-state index is 0.572. The fourth-order valence-electron chi connectivity index (χ4n) is 4.78. The molecule has 1 aromatic rings. The Balaban J connectivity index is 2.09. The number of hydrogen-bond acceptors (Lipinski definition) is 0. The van der Waals surface area contributed by atoms with Gasteiger partial charge in [0.15, 0.2) is 0 Å². The SMILES string of the molecule is CCCCCCCCCCCCCCCC[n+]1ccn(C(C)C)c1CCCCCCC. The molecule has 1 rings (SSSR count). The van der Waals surface area contributed by atoms with Gasteiger partial charge in [0.2, 0.25) is 0 Å². The molecule has 0 fully saturated rings. The van der Waals surface area contributed by atoms with E-state index in [-0.39, 0.29) is 0 Å². The van der Waals surface area contributed by atoms with Crippen LogP contribution >= 0.6 is 0 Å². The Labute approximate surface area is 196 Å². The van der Waals surface area contributed by atoms with Crippen LogP contribution < -0.4 is 4.57 Å². The van der Waals surface area contributed by atoms with Crippen LogP contribution in [0.4, 0.5) is 0 Å². The van der Waals surface area contributed by atoms with E-state index in [1.165, 1.54) is 135 Å². The lowest BCUT2D eigenvalue weighted by atomic mass is 10.0. The van der Waals surface area contributed by atoms with Crippen LogP contribution in [0.2, 0.25) is 0 Å². The van der Waals surface area contributed by atoms with Crippen molar-refractivity contribution in [2.24, 2.45) is 0 Å². The van der Waals surface area contributed by atoms with Gasteiger partial charge < -0.3 is 0 Å². The lowest BCUT2D eigenvalue weighted by Gasteiger charge is -2.08. The van der Waals surface area contributed by atoms with Crippen LogP contribution in [-0.4, -0.2) is 4.57 Å². The quantitative estimate of drug-likeness (QED) is 0.127. The van der Waals surface area contributed by atoms with E-state index in [9.17, 15) is 0 Å². The topological polar surface area (TPSA) is 8.81 Å². The molecule has 0 aliphatic carbocycles. The van der Waals surface area contributed by atoms with Gasteiger partial charge in [-0.2, -0.15) is 0 Å². The Morgan fingerprint density at radius 2 is 1.03 bits per heavy atom. The summed E-state index contributed by atoms with van der Waals surface area (Å²) in [4.78, 5) is 0. The zero-order chi connectivity index (χ0) is 22.6. The van der Waals surface area contributed by atoms with Crippen LogP contribution in [0.15, 0.2) is 12.4 Å². The summed E-state index contributed by atoms with van der Waals surface area (Å²) in [7, 11) is 0. The number of aryl methyl sites for hydroxylation is 1. The molecule has 2 heteroatoms. The van der Waals surface area contributed by atoms with Crippen molar-refractivity contribution in [1.82, 2.24) is 4.57 Å². The summed E-state index contributed by atoms with van der Waals surface area (Å²) >= 11 is 0. The Kier molecular flexibility index (Phi) is 18.1. The predicted octanol–water partition coefficient (Wildman–Crippen LogP) is 9.35. The summed E-state index contributed by atoms with van der Waals surface area (Å²) in [5, 5.41) is 0. The number of imidazole rings is 1. The summed E-state index contributed by atoms with van der Waals surface area (Å²) in [6.45, 7) is 10.4. The molecule has 0 spiro atoms. The molecule has 31 heavy (non-hydrogen) atoms. The second kappa shape index (κ2) is 19.9. The van der Waals surface area contributed by atoms with E-state index in [2.05, 4.69) is 49.2 Å². The van der Waals surface area contributed by atoms with Gasteiger partial charge in [0.05, 0.1) is 12.6 Å². The Bertz CT molecular complexity index is 503. The molecular weight excluding hydrogens is 376 g/mol. The number of hydrogen-bond donors (Lipinski definition) is 0. The maximum Gasteiger partial charge on any atom is 0.256 e. The van der Waals surface area contributed by atoms with E-state index < -0.39 is 0 Å². The van der Waals surface area contributed by atoms with E-state index in [4.69, 9.17) is 0 Å². The first-order valence-corrected chi connectivity index (χ1v) is 14.3. The molecule has 0 amide bonds. The monoisotopic (exact) mass is 433 g/mol. The first-order valence-electron chi connectivity index (χ1n) is 14.3. The highest BCUT2D eigenvalue weighted by Gasteiger charge is 2.18. The Hall–Kier alpha value is -0.790. The minimum atomic E-state index is 0.572. The maximum absolute atomic E-state index is 2.56. The molecule has 0 atom stereocenters. The zero-order valence-electron chi connectivity index (χ0n) is 22.0. The van der Waals surface area contributed by atoms with Gasteiger partial charge in [0.25, 0.3) is 5.82 Å². The third-order valence-corrected chi connectivity index (χ3v) is 6.85. The highest BCUT2D eigenvalue weighted by Crippen LogP contribution is 2.14. The number of nitrogens with zero attached hydrogens (tertiary/aromatic N) is 2. The lowest BCUT2D eigenvalue weighted by molar-refractivity contribution is -0.704. The largest absolute Gasteiger partial charge is 0.256 e. The molecule has 0 N–H and O–H groups in total. The first kappa shape index (κ1) is 28.2. The standard InChI is InChI=1S/C29H57N2/c1-5-7-9-11-12-13-14-15-16-17-18-19-21-23-25-30-26-27-31(28(3)4)29(30)24-22-20-10-8-6-2/h26-28H,5-25H2,1-4H3/q+1. The van der Waals surface area contributed by atoms with E-state index >= 15 is 0 Å². The molecule has 0 aliphatic heterocycles. The van der Waals surface area contributed by atoms with Gasteiger partial charge in [-0.15, -0.1) is 0 Å². The van der Waals surface area contributed by atoms with Crippen molar-refractivity contribution in [3.63, 3.8) is 0 Å². The van der Waals surface area contributed by atoms with Crippen LogP contribution in [0.5, 0.6) is 0 Å².